The standard InChI is InChI=1S/C17H25N/c1-13-9-10-14(2)17(11-13)15(3)18-12-16-7-5-4-6-8-16/h4-5,9-11,15-16,18H,6-8,12H2,1-3H3. The lowest BCUT2D eigenvalue weighted by molar-refractivity contribution is 0.415. The van der Waals surface area contributed by atoms with Crippen molar-refractivity contribution in [1.82, 2.24) is 5.32 Å². The Labute approximate surface area is 111 Å². The molecule has 1 aliphatic rings. The molecule has 0 aromatic heterocycles. The predicted octanol–water partition coefficient (Wildman–Crippen LogP) is 4.31. The summed E-state index contributed by atoms with van der Waals surface area (Å²) in [6.07, 6.45) is 8.48. The van der Waals surface area contributed by atoms with Gasteiger partial charge in [-0.25, -0.2) is 0 Å². The molecule has 0 aliphatic heterocycles. The van der Waals surface area contributed by atoms with Crippen molar-refractivity contribution in [3.63, 3.8) is 0 Å². The van der Waals surface area contributed by atoms with Crippen molar-refractivity contribution in [3.8, 4) is 0 Å². The smallest absolute Gasteiger partial charge is 0.0294 e. The van der Waals surface area contributed by atoms with E-state index in [2.05, 4.69) is 56.4 Å². The first-order valence-electron chi connectivity index (χ1n) is 7.12. The van der Waals surface area contributed by atoms with E-state index in [9.17, 15) is 0 Å². The Bertz CT molecular complexity index is 420. The molecule has 1 N–H and O–H groups in total. The zero-order valence-corrected chi connectivity index (χ0v) is 11.9. The minimum absolute atomic E-state index is 0.454. The molecule has 1 aliphatic carbocycles. The van der Waals surface area contributed by atoms with E-state index in [1.807, 2.05) is 0 Å². The van der Waals surface area contributed by atoms with E-state index in [0.29, 0.717) is 6.04 Å². The van der Waals surface area contributed by atoms with E-state index in [4.69, 9.17) is 0 Å². The van der Waals surface area contributed by atoms with Crippen LogP contribution in [-0.4, -0.2) is 6.54 Å². The Morgan fingerprint density at radius 2 is 2.11 bits per heavy atom. The van der Waals surface area contributed by atoms with Gasteiger partial charge in [0.25, 0.3) is 0 Å². The van der Waals surface area contributed by atoms with Gasteiger partial charge in [0, 0.05) is 6.04 Å². The lowest BCUT2D eigenvalue weighted by Gasteiger charge is -2.23. The highest BCUT2D eigenvalue weighted by Crippen LogP contribution is 2.21. The second kappa shape index (κ2) is 6.19. The molecule has 0 saturated heterocycles. The van der Waals surface area contributed by atoms with Gasteiger partial charge in [-0.3, -0.25) is 0 Å². The summed E-state index contributed by atoms with van der Waals surface area (Å²) in [6.45, 7) is 7.79. The lowest BCUT2D eigenvalue weighted by atomic mass is 9.93. The van der Waals surface area contributed by atoms with Crippen LogP contribution < -0.4 is 5.32 Å². The molecule has 2 atom stereocenters. The first kappa shape index (κ1) is 13.4. The van der Waals surface area contributed by atoms with Crippen LogP contribution in [0.15, 0.2) is 30.4 Å². The first-order valence-corrected chi connectivity index (χ1v) is 7.12. The average Bonchev–Trinajstić information content (AvgIpc) is 2.40. The molecule has 2 unspecified atom stereocenters. The minimum Gasteiger partial charge on any atom is -0.310 e. The molecule has 0 radical (unpaired) electrons. The molecule has 2 rings (SSSR count). The topological polar surface area (TPSA) is 12.0 Å². The van der Waals surface area contributed by atoms with Crippen LogP contribution in [0.2, 0.25) is 0 Å². The molecule has 0 spiro atoms. The Morgan fingerprint density at radius 3 is 2.83 bits per heavy atom. The summed E-state index contributed by atoms with van der Waals surface area (Å²) in [5.74, 6) is 0.822. The fourth-order valence-electron chi connectivity index (χ4n) is 2.72. The maximum Gasteiger partial charge on any atom is 0.0294 e. The van der Waals surface area contributed by atoms with E-state index >= 15 is 0 Å². The van der Waals surface area contributed by atoms with Crippen LogP contribution in [0.3, 0.4) is 0 Å². The lowest BCUT2D eigenvalue weighted by Crippen LogP contribution is -2.26. The van der Waals surface area contributed by atoms with Gasteiger partial charge in [-0.15, -0.1) is 0 Å². The number of hydrogen-bond acceptors (Lipinski definition) is 1. The Hall–Kier alpha value is -1.08. The zero-order chi connectivity index (χ0) is 13.0. The maximum absolute atomic E-state index is 3.70. The SMILES string of the molecule is Cc1ccc(C)c(C(C)NCC2CC=CCC2)c1. The summed E-state index contributed by atoms with van der Waals surface area (Å²) < 4.78 is 0. The Morgan fingerprint density at radius 1 is 1.28 bits per heavy atom. The van der Waals surface area contributed by atoms with Gasteiger partial charge in [0.05, 0.1) is 0 Å². The van der Waals surface area contributed by atoms with E-state index < -0.39 is 0 Å². The van der Waals surface area contributed by atoms with Crippen molar-refractivity contribution in [2.24, 2.45) is 5.92 Å². The van der Waals surface area contributed by atoms with Crippen molar-refractivity contribution >= 4 is 0 Å². The molecule has 1 aromatic rings. The first-order chi connectivity index (χ1) is 8.66. The van der Waals surface area contributed by atoms with E-state index in [1.54, 1.807) is 0 Å². The highest BCUT2D eigenvalue weighted by atomic mass is 14.9. The summed E-state index contributed by atoms with van der Waals surface area (Å²) in [4.78, 5) is 0. The summed E-state index contributed by atoms with van der Waals surface area (Å²) >= 11 is 0. The quantitative estimate of drug-likeness (QED) is 0.777. The number of rotatable bonds is 4. The van der Waals surface area contributed by atoms with Gasteiger partial charge in [0.15, 0.2) is 0 Å². The fourth-order valence-corrected chi connectivity index (χ4v) is 2.72. The normalized spacial score (nSPS) is 20.9. The number of aryl methyl sites for hydroxylation is 2. The van der Waals surface area contributed by atoms with Crippen molar-refractivity contribution in [1.29, 1.82) is 0 Å². The average molecular weight is 243 g/mol. The summed E-state index contributed by atoms with van der Waals surface area (Å²) in [6, 6.07) is 7.19. The molecule has 1 heteroatoms. The predicted molar refractivity (Wildman–Crippen MR) is 78.8 cm³/mol. The van der Waals surface area contributed by atoms with Crippen molar-refractivity contribution in [3.05, 3.63) is 47.0 Å². The molecule has 0 bridgehead atoms. The summed E-state index contributed by atoms with van der Waals surface area (Å²) in [7, 11) is 0. The third-order valence-electron chi connectivity index (χ3n) is 3.99. The van der Waals surface area contributed by atoms with Gasteiger partial charge in [-0.2, -0.15) is 0 Å². The third-order valence-corrected chi connectivity index (χ3v) is 3.99. The number of benzene rings is 1. The molecule has 18 heavy (non-hydrogen) atoms. The number of hydrogen-bond donors (Lipinski definition) is 1. The highest BCUT2D eigenvalue weighted by Gasteiger charge is 2.13. The van der Waals surface area contributed by atoms with Crippen LogP contribution in [0.4, 0.5) is 0 Å². The number of allylic oxidation sites excluding steroid dienone is 2. The van der Waals surface area contributed by atoms with Crippen LogP contribution in [0.5, 0.6) is 0 Å². The van der Waals surface area contributed by atoms with Crippen LogP contribution in [-0.2, 0) is 0 Å². The fraction of sp³-hybridized carbons (Fsp3) is 0.529. The van der Waals surface area contributed by atoms with Crippen molar-refractivity contribution < 1.29 is 0 Å². The van der Waals surface area contributed by atoms with Gasteiger partial charge in [-0.1, -0.05) is 35.9 Å². The van der Waals surface area contributed by atoms with Crippen LogP contribution in [0.25, 0.3) is 0 Å². The summed E-state index contributed by atoms with van der Waals surface area (Å²) in [5, 5.41) is 3.70. The molecule has 0 heterocycles. The van der Waals surface area contributed by atoms with Crippen molar-refractivity contribution in [2.45, 2.75) is 46.1 Å². The van der Waals surface area contributed by atoms with Gasteiger partial charge in [0.2, 0.25) is 0 Å². The molecule has 1 nitrogen and oxygen atoms in total. The number of nitrogens with one attached hydrogen (secondary N) is 1. The van der Waals surface area contributed by atoms with Gasteiger partial charge >= 0.3 is 0 Å². The molecule has 0 amide bonds. The highest BCUT2D eigenvalue weighted by molar-refractivity contribution is 5.32. The molecule has 98 valence electrons. The van der Waals surface area contributed by atoms with E-state index in [-0.39, 0.29) is 0 Å². The zero-order valence-electron chi connectivity index (χ0n) is 11.9. The Balaban J connectivity index is 1.92. The molecule has 1 aromatic carbocycles. The second-order valence-electron chi connectivity index (χ2n) is 5.64. The molecular weight excluding hydrogens is 218 g/mol. The molecule has 0 fully saturated rings. The van der Waals surface area contributed by atoms with Crippen LogP contribution in [0.1, 0.15) is 48.9 Å². The van der Waals surface area contributed by atoms with E-state index in [0.717, 1.165) is 12.5 Å². The Kier molecular flexibility index (Phi) is 4.60. The summed E-state index contributed by atoms with van der Waals surface area (Å²) in [5.41, 5.74) is 4.19. The van der Waals surface area contributed by atoms with Gasteiger partial charge in [-0.05, 0) is 63.6 Å². The van der Waals surface area contributed by atoms with Gasteiger partial charge < -0.3 is 5.32 Å². The second-order valence-corrected chi connectivity index (χ2v) is 5.64. The third kappa shape index (κ3) is 3.46. The molecule has 0 saturated carbocycles. The monoisotopic (exact) mass is 243 g/mol. The van der Waals surface area contributed by atoms with Gasteiger partial charge in [0.1, 0.15) is 0 Å². The maximum atomic E-state index is 3.70. The van der Waals surface area contributed by atoms with E-state index in [1.165, 1.54) is 36.0 Å². The van der Waals surface area contributed by atoms with Crippen LogP contribution in [0, 0.1) is 19.8 Å². The largest absolute Gasteiger partial charge is 0.310 e. The van der Waals surface area contributed by atoms with Crippen LogP contribution >= 0.6 is 0 Å². The van der Waals surface area contributed by atoms with Crippen molar-refractivity contribution in [2.75, 3.05) is 6.54 Å². The minimum atomic E-state index is 0.454. The molecular formula is C17H25N.